The maximum Gasteiger partial charge on any atom is 0.267 e. The Hall–Kier alpha value is -2.21. The fourth-order valence-electron chi connectivity index (χ4n) is 2.05. The molecule has 2 aromatic rings. The Kier molecular flexibility index (Phi) is 4.92. The third-order valence-electron chi connectivity index (χ3n) is 2.95. The van der Waals surface area contributed by atoms with Crippen LogP contribution >= 0.6 is 11.3 Å². The molecule has 116 valence electrons. The zero-order valence-electron chi connectivity index (χ0n) is 13.1. The van der Waals surface area contributed by atoms with Crippen LogP contribution in [0.1, 0.15) is 44.6 Å². The number of hydrogen-bond acceptors (Lipinski definition) is 4. The van der Waals surface area contributed by atoms with Crippen LogP contribution in [0, 0.1) is 13.8 Å². The molecule has 1 heterocycles. The highest BCUT2D eigenvalue weighted by Gasteiger charge is 2.17. The van der Waals surface area contributed by atoms with E-state index in [0.717, 1.165) is 5.01 Å². The first-order chi connectivity index (χ1) is 10.4. The van der Waals surface area contributed by atoms with Gasteiger partial charge in [0.2, 0.25) is 0 Å². The lowest BCUT2D eigenvalue weighted by molar-refractivity contribution is 0.0944. The number of benzene rings is 1. The first-order valence-electron chi connectivity index (χ1n) is 7.03. The van der Waals surface area contributed by atoms with Gasteiger partial charge in [-0.2, -0.15) is 0 Å². The van der Waals surface area contributed by atoms with Gasteiger partial charge in [0, 0.05) is 6.04 Å². The maximum absolute atomic E-state index is 12.4. The van der Waals surface area contributed by atoms with Gasteiger partial charge in [0.1, 0.15) is 4.88 Å². The van der Waals surface area contributed by atoms with Crippen LogP contribution in [0.5, 0.6) is 0 Å². The number of para-hydroxylation sites is 1. The highest BCUT2D eigenvalue weighted by molar-refractivity contribution is 7.13. The maximum atomic E-state index is 12.4. The van der Waals surface area contributed by atoms with Gasteiger partial charge in [0.05, 0.1) is 22.0 Å². The smallest absolute Gasteiger partial charge is 0.267 e. The number of aryl methyl sites for hydroxylation is 2. The number of aromatic nitrogens is 1. The highest BCUT2D eigenvalue weighted by atomic mass is 32.1. The fraction of sp³-hybridized carbons (Fsp3) is 0.312. The van der Waals surface area contributed by atoms with Crippen molar-refractivity contribution < 1.29 is 9.59 Å². The van der Waals surface area contributed by atoms with Crippen molar-refractivity contribution in [3.63, 3.8) is 0 Å². The average Bonchev–Trinajstić information content (AvgIpc) is 2.77. The van der Waals surface area contributed by atoms with Crippen molar-refractivity contribution in [3.8, 4) is 0 Å². The molecule has 0 aliphatic heterocycles. The van der Waals surface area contributed by atoms with Gasteiger partial charge in [-0.05, 0) is 39.8 Å². The van der Waals surface area contributed by atoms with Gasteiger partial charge >= 0.3 is 0 Å². The fourth-order valence-corrected chi connectivity index (χ4v) is 2.87. The molecule has 0 radical (unpaired) electrons. The van der Waals surface area contributed by atoms with E-state index in [-0.39, 0.29) is 17.9 Å². The number of anilines is 1. The van der Waals surface area contributed by atoms with E-state index in [2.05, 4.69) is 15.6 Å². The van der Waals surface area contributed by atoms with Crippen molar-refractivity contribution in [2.75, 3.05) is 5.32 Å². The predicted molar refractivity (Wildman–Crippen MR) is 88.6 cm³/mol. The Labute approximate surface area is 133 Å². The van der Waals surface area contributed by atoms with Crippen LogP contribution in [-0.4, -0.2) is 22.8 Å². The number of carbonyl (C=O) groups excluding carboxylic acids is 2. The van der Waals surface area contributed by atoms with Gasteiger partial charge in [0.25, 0.3) is 11.8 Å². The minimum Gasteiger partial charge on any atom is -0.350 e. The van der Waals surface area contributed by atoms with Crippen molar-refractivity contribution in [2.45, 2.75) is 33.7 Å². The summed E-state index contributed by atoms with van der Waals surface area (Å²) in [7, 11) is 0. The molecule has 1 aromatic heterocycles. The molecule has 2 rings (SSSR count). The lowest BCUT2D eigenvalue weighted by atomic mass is 10.1. The standard InChI is InChI=1S/C16H19N3O2S/c1-9(2)17-15(20)12-7-5-6-8-13(12)19-16(21)14-10(3)18-11(4)22-14/h5-9H,1-4H3,(H,17,20)(H,19,21). The van der Waals surface area contributed by atoms with E-state index in [1.807, 2.05) is 20.8 Å². The van der Waals surface area contributed by atoms with Gasteiger partial charge in [-0.1, -0.05) is 12.1 Å². The summed E-state index contributed by atoms with van der Waals surface area (Å²) in [5.41, 5.74) is 1.64. The Morgan fingerprint density at radius 2 is 1.82 bits per heavy atom. The molecule has 0 atom stereocenters. The van der Waals surface area contributed by atoms with Crippen LogP contribution < -0.4 is 10.6 Å². The van der Waals surface area contributed by atoms with Crippen LogP contribution in [0.3, 0.4) is 0 Å². The van der Waals surface area contributed by atoms with E-state index in [1.165, 1.54) is 11.3 Å². The van der Waals surface area contributed by atoms with E-state index in [0.29, 0.717) is 21.8 Å². The van der Waals surface area contributed by atoms with Crippen LogP contribution in [0.25, 0.3) is 0 Å². The molecule has 6 heteroatoms. The summed E-state index contributed by atoms with van der Waals surface area (Å²) in [4.78, 5) is 29.4. The van der Waals surface area contributed by atoms with Crippen molar-refractivity contribution in [3.05, 3.63) is 45.4 Å². The largest absolute Gasteiger partial charge is 0.350 e. The normalized spacial score (nSPS) is 10.6. The number of nitrogens with zero attached hydrogens (tertiary/aromatic N) is 1. The Morgan fingerprint density at radius 3 is 2.41 bits per heavy atom. The summed E-state index contributed by atoms with van der Waals surface area (Å²) in [6.45, 7) is 7.44. The molecule has 0 saturated heterocycles. The second kappa shape index (κ2) is 6.70. The van der Waals surface area contributed by atoms with Crippen molar-refractivity contribution in [1.29, 1.82) is 0 Å². The monoisotopic (exact) mass is 317 g/mol. The third-order valence-corrected chi connectivity index (χ3v) is 4.02. The molecule has 5 nitrogen and oxygen atoms in total. The van der Waals surface area contributed by atoms with Crippen LogP contribution in [0.15, 0.2) is 24.3 Å². The van der Waals surface area contributed by atoms with E-state index in [4.69, 9.17) is 0 Å². The van der Waals surface area contributed by atoms with Crippen LogP contribution in [-0.2, 0) is 0 Å². The second-order valence-corrected chi connectivity index (χ2v) is 6.48. The summed E-state index contributed by atoms with van der Waals surface area (Å²) in [6.07, 6.45) is 0. The minimum absolute atomic E-state index is 0.0302. The van der Waals surface area contributed by atoms with E-state index in [1.54, 1.807) is 31.2 Å². The summed E-state index contributed by atoms with van der Waals surface area (Å²) in [5, 5.41) is 6.47. The first kappa shape index (κ1) is 16.2. The minimum atomic E-state index is -0.243. The average molecular weight is 317 g/mol. The van der Waals surface area contributed by atoms with Gasteiger partial charge < -0.3 is 10.6 Å². The number of rotatable bonds is 4. The van der Waals surface area contributed by atoms with Crippen LogP contribution in [0.2, 0.25) is 0 Å². The molecule has 1 aromatic carbocycles. The topological polar surface area (TPSA) is 71.1 Å². The number of thiazole rings is 1. The van der Waals surface area contributed by atoms with Gasteiger partial charge in [-0.15, -0.1) is 11.3 Å². The first-order valence-corrected chi connectivity index (χ1v) is 7.85. The SMILES string of the molecule is Cc1nc(C)c(C(=O)Nc2ccccc2C(=O)NC(C)C)s1. The third kappa shape index (κ3) is 3.71. The van der Waals surface area contributed by atoms with Crippen LogP contribution in [0.4, 0.5) is 5.69 Å². The van der Waals surface area contributed by atoms with Gasteiger partial charge in [0.15, 0.2) is 0 Å². The van der Waals surface area contributed by atoms with E-state index in [9.17, 15) is 9.59 Å². The number of hydrogen-bond donors (Lipinski definition) is 2. The molecule has 22 heavy (non-hydrogen) atoms. The molecule has 0 aliphatic rings. The molecule has 2 amide bonds. The number of amides is 2. The quantitative estimate of drug-likeness (QED) is 0.910. The molecule has 0 fully saturated rings. The molecule has 0 saturated carbocycles. The zero-order valence-corrected chi connectivity index (χ0v) is 13.9. The predicted octanol–water partition coefficient (Wildman–Crippen LogP) is 3.15. The summed E-state index contributed by atoms with van der Waals surface area (Å²) < 4.78 is 0. The molecule has 0 unspecified atom stereocenters. The lowest BCUT2D eigenvalue weighted by Crippen LogP contribution is -2.31. The summed E-state index contributed by atoms with van der Waals surface area (Å²) in [6, 6.07) is 7.00. The molecule has 0 aliphatic carbocycles. The summed E-state index contributed by atoms with van der Waals surface area (Å²) in [5.74, 6) is -0.448. The van der Waals surface area contributed by atoms with Crippen molar-refractivity contribution >= 4 is 28.8 Å². The molecule has 0 spiro atoms. The number of nitrogens with one attached hydrogen (secondary N) is 2. The molecule has 2 N–H and O–H groups in total. The van der Waals surface area contributed by atoms with E-state index >= 15 is 0 Å². The molecule has 0 bridgehead atoms. The van der Waals surface area contributed by atoms with Crippen molar-refractivity contribution in [1.82, 2.24) is 10.3 Å². The van der Waals surface area contributed by atoms with Gasteiger partial charge in [-0.3, -0.25) is 9.59 Å². The van der Waals surface area contributed by atoms with Gasteiger partial charge in [-0.25, -0.2) is 4.98 Å². The zero-order chi connectivity index (χ0) is 16.3. The Balaban J connectivity index is 2.25. The molecular weight excluding hydrogens is 298 g/mol. The molecular formula is C16H19N3O2S. The number of carbonyl (C=O) groups is 2. The second-order valence-electron chi connectivity index (χ2n) is 5.28. The summed E-state index contributed by atoms with van der Waals surface area (Å²) >= 11 is 1.34. The highest BCUT2D eigenvalue weighted by Crippen LogP contribution is 2.21. The Bertz CT molecular complexity index is 707. The van der Waals surface area contributed by atoms with E-state index < -0.39 is 0 Å². The lowest BCUT2D eigenvalue weighted by Gasteiger charge is -2.12. The van der Waals surface area contributed by atoms with Crippen molar-refractivity contribution in [2.24, 2.45) is 0 Å². The Morgan fingerprint density at radius 1 is 1.14 bits per heavy atom.